The number of hydrogen-bond acceptors (Lipinski definition) is 4. The molecule has 0 spiro atoms. The van der Waals surface area contributed by atoms with Crippen LogP contribution in [-0.4, -0.2) is 66.0 Å². The number of likely N-dealkylation sites (tertiary alicyclic amines) is 1. The van der Waals surface area contributed by atoms with Crippen LogP contribution >= 0.6 is 0 Å². The van der Waals surface area contributed by atoms with Crippen molar-refractivity contribution in [2.24, 2.45) is 5.92 Å². The quantitative estimate of drug-likeness (QED) is 0.751. The van der Waals surface area contributed by atoms with E-state index >= 15 is 0 Å². The molecule has 2 aliphatic rings. The molecule has 3 heterocycles. The van der Waals surface area contributed by atoms with Gasteiger partial charge in [-0.15, -0.1) is 0 Å². The summed E-state index contributed by atoms with van der Waals surface area (Å²) < 4.78 is 5.68. The van der Waals surface area contributed by atoms with Crippen LogP contribution in [0.4, 0.5) is 0 Å². The van der Waals surface area contributed by atoms with Gasteiger partial charge in [0.05, 0.1) is 11.7 Å². The molecule has 0 unspecified atom stereocenters. The standard InChI is InChI=1S/C15H19N3O3/c1-17-8-12-9-18(6-4-13(12)21-10-14(17)19)15(20)11-3-2-5-16-7-11/h2-3,5,7,12-13H,4,6,8-10H2,1H3/t12-,13-/m0/s1. The summed E-state index contributed by atoms with van der Waals surface area (Å²) in [6.45, 7) is 2.07. The smallest absolute Gasteiger partial charge is 0.255 e. The van der Waals surface area contributed by atoms with Crippen molar-refractivity contribution in [1.82, 2.24) is 14.8 Å². The molecule has 2 fully saturated rings. The van der Waals surface area contributed by atoms with Gasteiger partial charge in [-0.1, -0.05) is 0 Å². The monoisotopic (exact) mass is 289 g/mol. The van der Waals surface area contributed by atoms with Gasteiger partial charge in [0, 0.05) is 45.0 Å². The molecular weight excluding hydrogens is 270 g/mol. The Labute approximate surface area is 123 Å². The average Bonchev–Trinajstić information content (AvgIpc) is 2.66. The van der Waals surface area contributed by atoms with Crippen molar-refractivity contribution in [3.05, 3.63) is 30.1 Å². The van der Waals surface area contributed by atoms with Crippen molar-refractivity contribution in [2.75, 3.05) is 33.3 Å². The summed E-state index contributed by atoms with van der Waals surface area (Å²) in [6, 6.07) is 3.54. The molecule has 2 amide bonds. The Balaban J connectivity index is 1.71. The lowest BCUT2D eigenvalue weighted by molar-refractivity contribution is -0.133. The highest BCUT2D eigenvalue weighted by Gasteiger charge is 2.36. The van der Waals surface area contributed by atoms with Crippen molar-refractivity contribution in [2.45, 2.75) is 12.5 Å². The molecule has 2 saturated heterocycles. The zero-order chi connectivity index (χ0) is 14.8. The fraction of sp³-hybridized carbons (Fsp3) is 0.533. The summed E-state index contributed by atoms with van der Waals surface area (Å²) in [4.78, 5) is 31.7. The Bertz CT molecular complexity index is 534. The highest BCUT2D eigenvalue weighted by atomic mass is 16.5. The van der Waals surface area contributed by atoms with E-state index in [9.17, 15) is 9.59 Å². The number of piperidine rings is 1. The molecule has 0 bridgehead atoms. The Morgan fingerprint density at radius 2 is 2.29 bits per heavy atom. The van der Waals surface area contributed by atoms with E-state index in [-0.39, 0.29) is 30.4 Å². The minimum Gasteiger partial charge on any atom is -0.368 e. The van der Waals surface area contributed by atoms with E-state index in [0.29, 0.717) is 25.2 Å². The van der Waals surface area contributed by atoms with Gasteiger partial charge in [-0.25, -0.2) is 0 Å². The van der Waals surface area contributed by atoms with Crippen molar-refractivity contribution >= 4 is 11.8 Å². The summed E-state index contributed by atoms with van der Waals surface area (Å²) in [6.07, 6.45) is 4.09. The van der Waals surface area contributed by atoms with Crippen molar-refractivity contribution in [1.29, 1.82) is 0 Å². The number of rotatable bonds is 1. The maximum atomic E-state index is 12.5. The van der Waals surface area contributed by atoms with Crippen LogP contribution in [0.15, 0.2) is 24.5 Å². The van der Waals surface area contributed by atoms with Crippen LogP contribution in [-0.2, 0) is 9.53 Å². The summed E-state index contributed by atoms with van der Waals surface area (Å²) in [5.74, 6) is 0.185. The van der Waals surface area contributed by atoms with Crippen LogP contribution in [0.2, 0.25) is 0 Å². The molecule has 3 rings (SSSR count). The third-order valence-corrected chi connectivity index (χ3v) is 4.21. The van der Waals surface area contributed by atoms with Crippen LogP contribution in [0.5, 0.6) is 0 Å². The van der Waals surface area contributed by atoms with E-state index in [1.54, 1.807) is 36.5 Å². The van der Waals surface area contributed by atoms with Crippen molar-refractivity contribution in [3.63, 3.8) is 0 Å². The van der Waals surface area contributed by atoms with Crippen LogP contribution in [0.1, 0.15) is 16.8 Å². The number of ether oxygens (including phenoxy) is 1. The third-order valence-electron chi connectivity index (χ3n) is 4.21. The first-order chi connectivity index (χ1) is 10.1. The highest BCUT2D eigenvalue weighted by Crippen LogP contribution is 2.24. The van der Waals surface area contributed by atoms with E-state index < -0.39 is 0 Å². The lowest BCUT2D eigenvalue weighted by atomic mass is 9.94. The van der Waals surface area contributed by atoms with E-state index in [4.69, 9.17) is 4.74 Å². The zero-order valence-corrected chi connectivity index (χ0v) is 12.1. The second kappa shape index (κ2) is 5.81. The minimum absolute atomic E-state index is 0.000207. The molecule has 2 atom stereocenters. The molecule has 0 N–H and O–H groups in total. The zero-order valence-electron chi connectivity index (χ0n) is 12.1. The maximum Gasteiger partial charge on any atom is 0.255 e. The van der Waals surface area contributed by atoms with Crippen molar-refractivity contribution in [3.8, 4) is 0 Å². The normalized spacial score (nSPS) is 26.2. The largest absolute Gasteiger partial charge is 0.368 e. The number of carbonyl (C=O) groups is 2. The molecule has 0 aromatic carbocycles. The Morgan fingerprint density at radius 1 is 1.43 bits per heavy atom. The number of nitrogens with zero attached hydrogens (tertiary/aromatic N) is 3. The third kappa shape index (κ3) is 2.90. The van der Waals surface area contributed by atoms with Gasteiger partial charge in [0.1, 0.15) is 6.61 Å². The number of likely N-dealkylation sites (N-methyl/N-ethyl adjacent to an activating group) is 1. The number of pyridine rings is 1. The van der Waals surface area contributed by atoms with E-state index in [1.165, 1.54) is 0 Å². The molecule has 112 valence electrons. The van der Waals surface area contributed by atoms with Crippen LogP contribution < -0.4 is 0 Å². The van der Waals surface area contributed by atoms with E-state index in [0.717, 1.165) is 6.42 Å². The predicted octanol–water partition coefficient (Wildman–Crippen LogP) is 0.401. The molecule has 1 aromatic rings. The van der Waals surface area contributed by atoms with E-state index in [1.807, 2.05) is 4.90 Å². The van der Waals surface area contributed by atoms with Crippen LogP contribution in [0, 0.1) is 5.92 Å². The van der Waals surface area contributed by atoms with Crippen LogP contribution in [0.3, 0.4) is 0 Å². The van der Waals surface area contributed by atoms with Gasteiger partial charge in [-0.2, -0.15) is 0 Å². The predicted molar refractivity (Wildman–Crippen MR) is 75.6 cm³/mol. The number of fused-ring (bicyclic) bond motifs is 1. The molecule has 21 heavy (non-hydrogen) atoms. The number of carbonyl (C=O) groups excluding carboxylic acids is 2. The van der Waals surface area contributed by atoms with Gasteiger partial charge < -0.3 is 14.5 Å². The molecule has 0 saturated carbocycles. The van der Waals surface area contributed by atoms with Gasteiger partial charge in [0.2, 0.25) is 5.91 Å². The summed E-state index contributed by atoms with van der Waals surface area (Å²) >= 11 is 0. The second-order valence-corrected chi connectivity index (χ2v) is 5.67. The topological polar surface area (TPSA) is 62.7 Å². The molecule has 6 heteroatoms. The van der Waals surface area contributed by atoms with Crippen LogP contribution in [0.25, 0.3) is 0 Å². The molecule has 6 nitrogen and oxygen atoms in total. The molecule has 0 aliphatic carbocycles. The lowest BCUT2D eigenvalue weighted by Gasteiger charge is -2.37. The fourth-order valence-corrected chi connectivity index (χ4v) is 3.00. The molecule has 0 radical (unpaired) electrons. The summed E-state index contributed by atoms with van der Waals surface area (Å²) in [7, 11) is 1.79. The SMILES string of the molecule is CN1C[C@H]2CN(C(=O)c3cccnc3)CC[C@@H]2OCC1=O. The van der Waals surface area contributed by atoms with Gasteiger partial charge in [0.15, 0.2) is 0 Å². The number of hydrogen-bond donors (Lipinski definition) is 0. The number of aromatic nitrogens is 1. The fourth-order valence-electron chi connectivity index (χ4n) is 3.00. The Kier molecular flexibility index (Phi) is 3.88. The molecular formula is C15H19N3O3. The Hall–Kier alpha value is -1.95. The first kappa shape index (κ1) is 14.0. The first-order valence-electron chi connectivity index (χ1n) is 7.20. The minimum atomic E-state index is -0.000207. The summed E-state index contributed by atoms with van der Waals surface area (Å²) in [5, 5.41) is 0. The van der Waals surface area contributed by atoms with Gasteiger partial charge >= 0.3 is 0 Å². The van der Waals surface area contributed by atoms with Gasteiger partial charge in [-0.05, 0) is 18.6 Å². The van der Waals surface area contributed by atoms with Gasteiger partial charge in [-0.3, -0.25) is 14.6 Å². The summed E-state index contributed by atoms with van der Waals surface area (Å²) in [5.41, 5.74) is 0.606. The van der Waals surface area contributed by atoms with Crippen molar-refractivity contribution < 1.29 is 14.3 Å². The Morgan fingerprint density at radius 3 is 3.05 bits per heavy atom. The molecule has 2 aliphatic heterocycles. The number of amides is 2. The maximum absolute atomic E-state index is 12.5. The average molecular weight is 289 g/mol. The second-order valence-electron chi connectivity index (χ2n) is 5.67. The molecule has 1 aromatic heterocycles. The lowest BCUT2D eigenvalue weighted by Crippen LogP contribution is -2.48. The first-order valence-corrected chi connectivity index (χ1v) is 7.20. The van der Waals surface area contributed by atoms with Gasteiger partial charge in [0.25, 0.3) is 5.91 Å². The highest BCUT2D eigenvalue weighted by molar-refractivity contribution is 5.94. The van der Waals surface area contributed by atoms with E-state index in [2.05, 4.69) is 4.98 Å².